The van der Waals surface area contributed by atoms with Crippen LogP contribution in [0.15, 0.2) is 42.5 Å². The summed E-state index contributed by atoms with van der Waals surface area (Å²) >= 11 is 12.5. The first-order chi connectivity index (χ1) is 9.69. The third-order valence-corrected chi connectivity index (χ3v) is 3.95. The number of nitrogens with one attached hydrogen (secondary N) is 1. The van der Waals surface area contributed by atoms with Crippen LogP contribution in [0.1, 0.15) is 16.7 Å². The Bertz CT molecular complexity index is 707. The van der Waals surface area contributed by atoms with E-state index in [1.807, 2.05) is 24.3 Å². The summed E-state index contributed by atoms with van der Waals surface area (Å²) in [7, 11) is 1.81. The maximum Gasteiger partial charge on any atom is 0.0716 e. The first kappa shape index (κ1) is 13.3. The number of rotatable bonds is 2. The summed E-state index contributed by atoms with van der Waals surface area (Å²) in [5.74, 6) is 0. The zero-order valence-corrected chi connectivity index (χ0v) is 12.5. The van der Waals surface area contributed by atoms with Crippen LogP contribution < -0.4 is 5.32 Å². The lowest BCUT2D eigenvalue weighted by molar-refractivity contribution is 1.50. The summed E-state index contributed by atoms with van der Waals surface area (Å²) in [5.41, 5.74) is 5.40. The first-order valence-corrected chi connectivity index (χ1v) is 7.10. The van der Waals surface area contributed by atoms with Crippen molar-refractivity contribution in [1.29, 1.82) is 0 Å². The summed E-state index contributed by atoms with van der Waals surface area (Å²) < 4.78 is 0. The van der Waals surface area contributed by atoms with Gasteiger partial charge in [0, 0.05) is 7.05 Å². The summed E-state index contributed by atoms with van der Waals surface area (Å²) in [4.78, 5) is 0. The summed E-state index contributed by atoms with van der Waals surface area (Å²) in [6.45, 7) is 0. The second kappa shape index (κ2) is 5.35. The Balaban J connectivity index is 2.05. The minimum absolute atomic E-state index is 0.627. The fourth-order valence-corrected chi connectivity index (χ4v) is 3.09. The van der Waals surface area contributed by atoms with Crippen LogP contribution in [0, 0.1) is 0 Å². The van der Waals surface area contributed by atoms with E-state index in [9.17, 15) is 0 Å². The van der Waals surface area contributed by atoms with Gasteiger partial charge in [0.2, 0.25) is 0 Å². The van der Waals surface area contributed by atoms with E-state index in [2.05, 4.69) is 35.7 Å². The minimum Gasteiger partial charge on any atom is -0.386 e. The van der Waals surface area contributed by atoms with Gasteiger partial charge in [0.05, 0.1) is 15.7 Å². The van der Waals surface area contributed by atoms with E-state index in [1.54, 1.807) is 7.05 Å². The maximum atomic E-state index is 6.23. The van der Waals surface area contributed by atoms with E-state index in [0.29, 0.717) is 10.0 Å². The van der Waals surface area contributed by atoms with E-state index in [0.717, 1.165) is 11.3 Å². The fraction of sp³-hybridized carbons (Fsp3) is 0.0588. The highest BCUT2D eigenvalue weighted by molar-refractivity contribution is 6.39. The molecule has 0 bridgehead atoms. The van der Waals surface area contributed by atoms with Gasteiger partial charge in [-0.2, -0.15) is 0 Å². The largest absolute Gasteiger partial charge is 0.386 e. The van der Waals surface area contributed by atoms with Crippen molar-refractivity contribution >= 4 is 46.6 Å². The predicted octanol–water partition coefficient (Wildman–Crippen LogP) is 5.60. The molecule has 2 aromatic rings. The molecule has 0 fully saturated rings. The molecule has 0 amide bonds. The van der Waals surface area contributed by atoms with Crippen molar-refractivity contribution in [2.24, 2.45) is 0 Å². The minimum atomic E-state index is 0.627. The molecule has 0 unspecified atom stereocenters. The smallest absolute Gasteiger partial charge is 0.0716 e. The molecule has 1 nitrogen and oxygen atoms in total. The van der Waals surface area contributed by atoms with E-state index in [1.165, 1.54) is 16.7 Å². The maximum absolute atomic E-state index is 6.23. The second-order valence-electron chi connectivity index (χ2n) is 4.63. The van der Waals surface area contributed by atoms with Crippen LogP contribution in [0.2, 0.25) is 10.0 Å². The molecule has 0 aliphatic heterocycles. The number of halogens is 2. The molecule has 3 rings (SSSR count). The fourth-order valence-electron chi connectivity index (χ4n) is 2.39. The standard InChI is InChI=1S/C17H13Cl2N/c1-20-17-15(18)9-11(10-16(17)19)8-13-7-6-12-4-2-3-5-14(12)13/h2-10,20H,1H3/b13-8-. The van der Waals surface area contributed by atoms with Gasteiger partial charge in [-0.1, -0.05) is 59.6 Å². The highest BCUT2D eigenvalue weighted by Gasteiger charge is 2.10. The Hall–Kier alpha value is -1.70. The van der Waals surface area contributed by atoms with E-state index >= 15 is 0 Å². The molecule has 3 heteroatoms. The molecule has 2 aromatic carbocycles. The predicted molar refractivity (Wildman–Crippen MR) is 89.4 cm³/mol. The van der Waals surface area contributed by atoms with Crippen LogP contribution in [-0.2, 0) is 0 Å². The third kappa shape index (κ3) is 2.35. The van der Waals surface area contributed by atoms with Gasteiger partial charge in [-0.15, -0.1) is 0 Å². The van der Waals surface area contributed by atoms with Gasteiger partial charge < -0.3 is 5.32 Å². The van der Waals surface area contributed by atoms with E-state index in [4.69, 9.17) is 23.2 Å². The van der Waals surface area contributed by atoms with Crippen LogP contribution in [-0.4, -0.2) is 7.05 Å². The molecule has 0 atom stereocenters. The van der Waals surface area contributed by atoms with Crippen LogP contribution in [0.5, 0.6) is 0 Å². The average molecular weight is 302 g/mol. The molecule has 100 valence electrons. The quantitative estimate of drug-likeness (QED) is 0.761. The van der Waals surface area contributed by atoms with Crippen molar-refractivity contribution < 1.29 is 0 Å². The Morgan fingerprint density at radius 3 is 2.40 bits per heavy atom. The van der Waals surface area contributed by atoms with Crippen molar-refractivity contribution in [3.8, 4) is 0 Å². The van der Waals surface area contributed by atoms with Crippen molar-refractivity contribution in [1.82, 2.24) is 0 Å². The zero-order valence-electron chi connectivity index (χ0n) is 11.0. The number of hydrogen-bond acceptors (Lipinski definition) is 1. The number of benzene rings is 2. The van der Waals surface area contributed by atoms with Crippen molar-refractivity contribution in [3.05, 3.63) is 69.2 Å². The van der Waals surface area contributed by atoms with Gasteiger partial charge in [0.25, 0.3) is 0 Å². The molecule has 20 heavy (non-hydrogen) atoms. The highest BCUT2D eigenvalue weighted by Crippen LogP contribution is 2.35. The molecule has 0 heterocycles. The molecule has 0 saturated heterocycles. The summed E-state index contributed by atoms with van der Waals surface area (Å²) in [5, 5.41) is 4.26. The number of hydrogen-bond donors (Lipinski definition) is 1. The highest BCUT2D eigenvalue weighted by atomic mass is 35.5. The average Bonchev–Trinajstić information content (AvgIpc) is 2.82. The van der Waals surface area contributed by atoms with Crippen LogP contribution in [0.3, 0.4) is 0 Å². The number of fused-ring (bicyclic) bond motifs is 1. The normalized spacial score (nSPS) is 14.7. The second-order valence-corrected chi connectivity index (χ2v) is 5.44. The van der Waals surface area contributed by atoms with Gasteiger partial charge in [-0.3, -0.25) is 0 Å². The Morgan fingerprint density at radius 1 is 1.00 bits per heavy atom. The first-order valence-electron chi connectivity index (χ1n) is 6.35. The Morgan fingerprint density at radius 2 is 1.70 bits per heavy atom. The lowest BCUT2D eigenvalue weighted by Crippen LogP contribution is -1.91. The van der Waals surface area contributed by atoms with Gasteiger partial charge in [0.15, 0.2) is 0 Å². The van der Waals surface area contributed by atoms with Crippen molar-refractivity contribution in [3.63, 3.8) is 0 Å². The Kier molecular flexibility index (Phi) is 3.56. The zero-order chi connectivity index (χ0) is 14.1. The van der Waals surface area contributed by atoms with Crippen molar-refractivity contribution in [2.75, 3.05) is 12.4 Å². The monoisotopic (exact) mass is 301 g/mol. The SMILES string of the molecule is CNc1c(Cl)cc(/C=C2/C=Cc3ccccc32)cc1Cl. The number of allylic oxidation sites excluding steroid dienone is 2. The molecule has 1 N–H and O–H groups in total. The molecule has 0 spiro atoms. The van der Waals surface area contributed by atoms with Gasteiger partial charge >= 0.3 is 0 Å². The van der Waals surface area contributed by atoms with Gasteiger partial charge in [0.1, 0.15) is 0 Å². The summed E-state index contributed by atoms with van der Waals surface area (Å²) in [6.07, 6.45) is 6.32. The van der Waals surface area contributed by atoms with Gasteiger partial charge in [-0.05, 0) is 40.5 Å². The number of anilines is 1. The molecular formula is C17H13Cl2N. The molecule has 0 radical (unpaired) electrons. The third-order valence-electron chi connectivity index (χ3n) is 3.35. The molecule has 0 saturated carbocycles. The molecule has 1 aliphatic carbocycles. The van der Waals surface area contributed by atoms with Crippen LogP contribution in [0.25, 0.3) is 17.7 Å². The lowest BCUT2D eigenvalue weighted by Gasteiger charge is -2.08. The topological polar surface area (TPSA) is 12.0 Å². The Labute approximate surface area is 128 Å². The van der Waals surface area contributed by atoms with Crippen LogP contribution >= 0.6 is 23.2 Å². The van der Waals surface area contributed by atoms with E-state index < -0.39 is 0 Å². The lowest BCUT2D eigenvalue weighted by atomic mass is 10.0. The van der Waals surface area contributed by atoms with Crippen molar-refractivity contribution in [2.45, 2.75) is 0 Å². The molecule has 0 aromatic heterocycles. The van der Waals surface area contributed by atoms with Gasteiger partial charge in [-0.25, -0.2) is 0 Å². The molecule has 1 aliphatic rings. The molecular weight excluding hydrogens is 289 g/mol. The van der Waals surface area contributed by atoms with E-state index in [-0.39, 0.29) is 0 Å². The summed E-state index contributed by atoms with van der Waals surface area (Å²) in [6, 6.07) is 12.1. The van der Waals surface area contributed by atoms with Crippen LogP contribution in [0.4, 0.5) is 5.69 Å².